The number of halogens is 1. The summed E-state index contributed by atoms with van der Waals surface area (Å²) in [4.78, 5) is 4.54. The van der Waals surface area contributed by atoms with Crippen LogP contribution in [0.2, 0.25) is 5.02 Å². The second kappa shape index (κ2) is 4.85. The molecule has 0 aliphatic heterocycles. The topological polar surface area (TPSA) is 38.9 Å². The molecule has 0 aliphatic rings. The van der Waals surface area contributed by atoms with Gasteiger partial charge in [0.1, 0.15) is 10.7 Å². The summed E-state index contributed by atoms with van der Waals surface area (Å²) in [6.07, 6.45) is 2.05. The van der Waals surface area contributed by atoms with Crippen LogP contribution in [0.15, 0.2) is 24.3 Å². The molecule has 0 bridgehead atoms. The van der Waals surface area contributed by atoms with E-state index in [1.807, 2.05) is 24.3 Å². The number of aryl methyl sites for hydroxylation is 1. The maximum atomic E-state index is 6.13. The van der Waals surface area contributed by atoms with E-state index in [0.29, 0.717) is 5.02 Å². The minimum Gasteiger partial charge on any atom is -0.389 e. The summed E-state index contributed by atoms with van der Waals surface area (Å²) in [6.45, 7) is 2.13. The molecule has 16 heavy (non-hydrogen) atoms. The van der Waals surface area contributed by atoms with Crippen molar-refractivity contribution in [3.05, 3.63) is 34.3 Å². The quantitative estimate of drug-likeness (QED) is 0.897. The number of hydrogen-bond acceptors (Lipinski definition) is 3. The zero-order valence-electron chi connectivity index (χ0n) is 9.03. The number of nitrogens with zero attached hydrogens (tertiary/aromatic N) is 1. The summed E-state index contributed by atoms with van der Waals surface area (Å²) >= 11 is 7.68. The number of nitrogen functional groups attached to an aromatic ring is 1. The third-order valence-corrected chi connectivity index (χ3v) is 3.56. The van der Waals surface area contributed by atoms with Crippen LogP contribution in [0.4, 0.5) is 5.00 Å². The second-order valence-electron chi connectivity index (χ2n) is 3.55. The predicted molar refractivity (Wildman–Crippen MR) is 71.0 cm³/mol. The van der Waals surface area contributed by atoms with Crippen LogP contribution in [0.5, 0.6) is 0 Å². The monoisotopic (exact) mass is 252 g/mol. The summed E-state index contributed by atoms with van der Waals surface area (Å²) in [5.41, 5.74) is 7.71. The van der Waals surface area contributed by atoms with Crippen LogP contribution in [0.25, 0.3) is 11.3 Å². The zero-order chi connectivity index (χ0) is 11.5. The van der Waals surface area contributed by atoms with Gasteiger partial charge in [0.05, 0.1) is 10.0 Å². The minimum absolute atomic E-state index is 0.697. The summed E-state index contributed by atoms with van der Waals surface area (Å²) in [5.74, 6) is 0. The molecule has 0 saturated heterocycles. The second-order valence-corrected chi connectivity index (χ2v) is 5.07. The van der Waals surface area contributed by atoms with Gasteiger partial charge in [-0.25, -0.2) is 4.98 Å². The molecule has 2 nitrogen and oxygen atoms in total. The van der Waals surface area contributed by atoms with Gasteiger partial charge in [-0.3, -0.25) is 0 Å². The average Bonchev–Trinajstić information content (AvgIpc) is 2.61. The number of anilines is 1. The first-order valence-electron chi connectivity index (χ1n) is 5.22. The third kappa shape index (κ3) is 2.20. The lowest BCUT2D eigenvalue weighted by molar-refractivity contribution is 0.910. The van der Waals surface area contributed by atoms with Gasteiger partial charge in [-0.05, 0) is 18.9 Å². The van der Waals surface area contributed by atoms with Crippen molar-refractivity contribution >= 4 is 27.9 Å². The minimum atomic E-state index is 0.697. The fraction of sp³-hybridized carbons (Fsp3) is 0.250. The molecule has 0 amide bonds. The van der Waals surface area contributed by atoms with Gasteiger partial charge in [0.2, 0.25) is 0 Å². The molecule has 0 atom stereocenters. The van der Waals surface area contributed by atoms with Crippen LogP contribution in [0.1, 0.15) is 18.4 Å². The van der Waals surface area contributed by atoms with E-state index in [4.69, 9.17) is 17.3 Å². The molecule has 0 fully saturated rings. The Morgan fingerprint density at radius 2 is 2.12 bits per heavy atom. The van der Waals surface area contributed by atoms with Gasteiger partial charge in [0, 0.05) is 5.56 Å². The Morgan fingerprint density at radius 1 is 1.38 bits per heavy atom. The molecule has 0 spiro atoms. The number of nitrogens with two attached hydrogens (primary N) is 1. The van der Waals surface area contributed by atoms with E-state index >= 15 is 0 Å². The smallest absolute Gasteiger partial charge is 0.114 e. The fourth-order valence-corrected chi connectivity index (χ4v) is 2.72. The molecule has 1 aromatic carbocycles. The summed E-state index contributed by atoms with van der Waals surface area (Å²) in [5, 5.41) is 2.52. The van der Waals surface area contributed by atoms with E-state index in [1.54, 1.807) is 11.3 Å². The zero-order valence-corrected chi connectivity index (χ0v) is 10.6. The highest BCUT2D eigenvalue weighted by molar-refractivity contribution is 7.16. The van der Waals surface area contributed by atoms with Crippen molar-refractivity contribution in [2.75, 3.05) is 5.73 Å². The highest BCUT2D eigenvalue weighted by Gasteiger charge is 2.12. The van der Waals surface area contributed by atoms with Crippen molar-refractivity contribution in [1.29, 1.82) is 0 Å². The molecule has 0 radical (unpaired) electrons. The lowest BCUT2D eigenvalue weighted by atomic mass is 10.1. The average molecular weight is 253 g/mol. The Labute approximate surface area is 104 Å². The molecule has 1 heterocycles. The number of rotatable bonds is 3. The Morgan fingerprint density at radius 3 is 2.81 bits per heavy atom. The van der Waals surface area contributed by atoms with E-state index in [-0.39, 0.29) is 0 Å². The van der Waals surface area contributed by atoms with E-state index in [0.717, 1.165) is 34.1 Å². The molecule has 0 aliphatic carbocycles. The Hall–Kier alpha value is -1.06. The summed E-state index contributed by atoms with van der Waals surface area (Å²) in [6, 6.07) is 7.65. The normalized spacial score (nSPS) is 10.6. The van der Waals surface area contributed by atoms with E-state index in [9.17, 15) is 0 Å². The lowest BCUT2D eigenvalue weighted by Gasteiger charge is -2.00. The molecule has 0 unspecified atom stereocenters. The van der Waals surface area contributed by atoms with Gasteiger partial charge in [-0.1, -0.05) is 36.7 Å². The fourth-order valence-electron chi connectivity index (χ4n) is 1.54. The maximum Gasteiger partial charge on any atom is 0.114 e. The van der Waals surface area contributed by atoms with E-state index in [1.165, 1.54) is 0 Å². The van der Waals surface area contributed by atoms with Gasteiger partial charge >= 0.3 is 0 Å². The number of thiazole rings is 1. The standard InChI is InChI=1S/C12H13ClN2S/c1-2-5-10-15-11(12(14)16-10)8-6-3-4-7-9(8)13/h3-4,6-7H,2,5,14H2,1H3. The van der Waals surface area contributed by atoms with E-state index < -0.39 is 0 Å². The van der Waals surface area contributed by atoms with Gasteiger partial charge in [0.15, 0.2) is 0 Å². The number of aromatic nitrogens is 1. The lowest BCUT2D eigenvalue weighted by Crippen LogP contribution is -1.87. The SMILES string of the molecule is CCCc1nc(-c2ccccc2Cl)c(N)s1. The summed E-state index contributed by atoms with van der Waals surface area (Å²) < 4.78 is 0. The van der Waals surface area contributed by atoms with Crippen molar-refractivity contribution < 1.29 is 0 Å². The van der Waals surface area contributed by atoms with Crippen LogP contribution in [0.3, 0.4) is 0 Å². The van der Waals surface area contributed by atoms with Gasteiger partial charge in [-0.15, -0.1) is 11.3 Å². The van der Waals surface area contributed by atoms with Crippen molar-refractivity contribution in [3.63, 3.8) is 0 Å². The highest BCUT2D eigenvalue weighted by Crippen LogP contribution is 2.34. The summed E-state index contributed by atoms with van der Waals surface area (Å²) in [7, 11) is 0. The molecule has 2 aromatic rings. The first kappa shape index (κ1) is 11.4. The molecule has 4 heteroatoms. The Kier molecular flexibility index (Phi) is 3.46. The van der Waals surface area contributed by atoms with Gasteiger partial charge < -0.3 is 5.73 Å². The molecule has 1 aromatic heterocycles. The maximum absolute atomic E-state index is 6.13. The van der Waals surface area contributed by atoms with Crippen molar-refractivity contribution in [3.8, 4) is 11.3 Å². The third-order valence-electron chi connectivity index (χ3n) is 2.29. The highest BCUT2D eigenvalue weighted by atomic mass is 35.5. The molecular formula is C12H13ClN2S. The Bertz CT molecular complexity index is 494. The van der Waals surface area contributed by atoms with E-state index in [2.05, 4.69) is 11.9 Å². The van der Waals surface area contributed by atoms with Crippen molar-refractivity contribution in [1.82, 2.24) is 4.98 Å². The largest absolute Gasteiger partial charge is 0.389 e. The van der Waals surface area contributed by atoms with Gasteiger partial charge in [-0.2, -0.15) is 0 Å². The first-order valence-corrected chi connectivity index (χ1v) is 6.42. The molecule has 2 rings (SSSR count). The van der Waals surface area contributed by atoms with Crippen LogP contribution in [0, 0.1) is 0 Å². The first-order chi connectivity index (χ1) is 7.72. The molecule has 2 N–H and O–H groups in total. The molecule has 84 valence electrons. The Balaban J connectivity index is 2.44. The van der Waals surface area contributed by atoms with Crippen LogP contribution < -0.4 is 5.73 Å². The van der Waals surface area contributed by atoms with Crippen molar-refractivity contribution in [2.45, 2.75) is 19.8 Å². The van der Waals surface area contributed by atoms with Crippen LogP contribution in [-0.2, 0) is 6.42 Å². The number of benzene rings is 1. The number of hydrogen-bond donors (Lipinski definition) is 1. The van der Waals surface area contributed by atoms with Crippen molar-refractivity contribution in [2.24, 2.45) is 0 Å². The predicted octanol–water partition coefficient (Wildman–Crippen LogP) is 4.00. The van der Waals surface area contributed by atoms with Crippen LogP contribution in [-0.4, -0.2) is 4.98 Å². The molecular weight excluding hydrogens is 240 g/mol. The molecule has 0 saturated carbocycles. The van der Waals surface area contributed by atoms with Crippen LogP contribution >= 0.6 is 22.9 Å². The van der Waals surface area contributed by atoms with Gasteiger partial charge in [0.25, 0.3) is 0 Å².